The molecule has 1 fully saturated rings. The van der Waals surface area contributed by atoms with Gasteiger partial charge in [0.25, 0.3) is 0 Å². The SMILES string of the molecule is CO/C=C\[C@@H]1[C@@H](C(=O)OCc2c(F)c(F)c(COC)c(F)c2F)C1(C)C. The first-order valence-electron chi connectivity index (χ1n) is 7.87. The van der Waals surface area contributed by atoms with Crippen LogP contribution < -0.4 is 0 Å². The third kappa shape index (κ3) is 3.56. The number of methoxy groups -OCH3 is 2. The lowest BCUT2D eigenvalue weighted by atomic mass is 10.1. The Balaban J connectivity index is 2.15. The zero-order chi connectivity index (χ0) is 19.6. The standard InChI is InChI=1S/C18H20F4O4/c1-18(2)11(5-6-24-3)12(18)17(23)26-8-10-15(21)13(19)9(7-25-4)14(20)16(10)22/h5-6,11-12H,7-8H2,1-4H3/b6-5-/t11-,12+/m1/s1. The second-order valence-corrected chi connectivity index (χ2v) is 6.64. The van der Waals surface area contributed by atoms with Crippen molar-refractivity contribution in [3.05, 3.63) is 46.7 Å². The fourth-order valence-corrected chi connectivity index (χ4v) is 3.00. The van der Waals surface area contributed by atoms with E-state index in [4.69, 9.17) is 9.47 Å². The number of rotatable bonds is 7. The zero-order valence-corrected chi connectivity index (χ0v) is 14.9. The van der Waals surface area contributed by atoms with Crippen LogP contribution in [0.4, 0.5) is 17.6 Å². The minimum atomic E-state index is -1.60. The number of allylic oxidation sites excluding steroid dienone is 1. The first-order chi connectivity index (χ1) is 12.2. The van der Waals surface area contributed by atoms with Gasteiger partial charge >= 0.3 is 5.97 Å². The van der Waals surface area contributed by atoms with Crippen LogP contribution in [0.5, 0.6) is 0 Å². The van der Waals surface area contributed by atoms with E-state index in [9.17, 15) is 22.4 Å². The van der Waals surface area contributed by atoms with Crippen LogP contribution in [-0.4, -0.2) is 20.2 Å². The van der Waals surface area contributed by atoms with Gasteiger partial charge < -0.3 is 14.2 Å². The second-order valence-electron chi connectivity index (χ2n) is 6.64. The van der Waals surface area contributed by atoms with Crippen molar-refractivity contribution in [1.82, 2.24) is 0 Å². The van der Waals surface area contributed by atoms with Crippen molar-refractivity contribution in [2.75, 3.05) is 14.2 Å². The van der Waals surface area contributed by atoms with Crippen molar-refractivity contribution in [3.8, 4) is 0 Å². The van der Waals surface area contributed by atoms with E-state index in [0.717, 1.165) is 7.11 Å². The van der Waals surface area contributed by atoms with E-state index in [1.54, 1.807) is 6.08 Å². The molecule has 0 aliphatic heterocycles. The van der Waals surface area contributed by atoms with Crippen LogP contribution in [-0.2, 0) is 32.2 Å². The van der Waals surface area contributed by atoms with Gasteiger partial charge in [-0.15, -0.1) is 0 Å². The maximum atomic E-state index is 14.0. The zero-order valence-electron chi connectivity index (χ0n) is 14.9. The highest BCUT2D eigenvalue weighted by Crippen LogP contribution is 2.59. The highest BCUT2D eigenvalue weighted by atomic mass is 19.2. The lowest BCUT2D eigenvalue weighted by molar-refractivity contribution is -0.147. The molecule has 8 heteroatoms. The summed E-state index contributed by atoms with van der Waals surface area (Å²) >= 11 is 0. The fourth-order valence-electron chi connectivity index (χ4n) is 3.00. The molecule has 0 heterocycles. The molecule has 0 unspecified atom stereocenters. The second kappa shape index (κ2) is 7.65. The van der Waals surface area contributed by atoms with E-state index in [1.807, 2.05) is 13.8 Å². The van der Waals surface area contributed by atoms with Crippen molar-refractivity contribution >= 4 is 5.97 Å². The third-order valence-corrected chi connectivity index (χ3v) is 4.68. The van der Waals surface area contributed by atoms with Crippen LogP contribution in [0, 0.1) is 40.5 Å². The monoisotopic (exact) mass is 376 g/mol. The predicted octanol–water partition coefficient (Wildman–Crippen LogP) is 3.86. The Morgan fingerprint density at radius 3 is 1.96 bits per heavy atom. The maximum absolute atomic E-state index is 14.0. The summed E-state index contributed by atoms with van der Waals surface area (Å²) in [6.07, 6.45) is 3.12. The molecule has 1 saturated carbocycles. The van der Waals surface area contributed by atoms with Gasteiger partial charge in [-0.1, -0.05) is 13.8 Å². The lowest BCUT2D eigenvalue weighted by Gasteiger charge is -2.12. The van der Waals surface area contributed by atoms with Crippen LogP contribution in [0.15, 0.2) is 12.3 Å². The molecule has 0 bridgehead atoms. The molecule has 0 N–H and O–H groups in total. The molecule has 0 saturated heterocycles. The summed E-state index contributed by atoms with van der Waals surface area (Å²) < 4.78 is 70.1. The summed E-state index contributed by atoms with van der Waals surface area (Å²) in [5.41, 5.74) is -2.25. The summed E-state index contributed by atoms with van der Waals surface area (Å²) in [5, 5.41) is 0. The van der Waals surface area contributed by atoms with E-state index < -0.39 is 64.9 Å². The molecule has 26 heavy (non-hydrogen) atoms. The molecule has 0 aromatic heterocycles. The van der Waals surface area contributed by atoms with Gasteiger partial charge in [-0.3, -0.25) is 4.79 Å². The molecule has 1 aliphatic carbocycles. The molecule has 1 aromatic carbocycles. The first kappa shape index (κ1) is 20.2. The Kier molecular flexibility index (Phi) is 5.95. The van der Waals surface area contributed by atoms with Gasteiger partial charge in [0.15, 0.2) is 23.3 Å². The van der Waals surface area contributed by atoms with Crippen LogP contribution in [0.2, 0.25) is 0 Å². The van der Waals surface area contributed by atoms with Gasteiger partial charge in [-0.25, -0.2) is 17.6 Å². The van der Waals surface area contributed by atoms with Crippen LogP contribution in [0.3, 0.4) is 0 Å². The number of hydrogen-bond acceptors (Lipinski definition) is 4. The van der Waals surface area contributed by atoms with Gasteiger partial charge in [0.05, 0.1) is 37.0 Å². The quantitative estimate of drug-likeness (QED) is 0.314. The lowest BCUT2D eigenvalue weighted by Crippen LogP contribution is -2.15. The molecule has 4 nitrogen and oxygen atoms in total. The van der Waals surface area contributed by atoms with Gasteiger partial charge in [0.1, 0.15) is 6.61 Å². The number of hydrogen-bond donors (Lipinski definition) is 0. The highest BCUT2D eigenvalue weighted by Gasteiger charge is 2.61. The van der Waals surface area contributed by atoms with Gasteiger partial charge in [0.2, 0.25) is 0 Å². The summed E-state index contributed by atoms with van der Waals surface area (Å²) in [6.45, 7) is 2.10. The average Bonchev–Trinajstić information content (AvgIpc) is 3.15. The summed E-state index contributed by atoms with van der Waals surface area (Å²) in [7, 11) is 2.59. The normalized spacial score (nSPS) is 21.1. The fraction of sp³-hybridized carbons (Fsp3) is 0.500. The molecule has 144 valence electrons. The Morgan fingerprint density at radius 2 is 1.50 bits per heavy atom. The van der Waals surface area contributed by atoms with E-state index >= 15 is 0 Å². The molecule has 2 atom stereocenters. The van der Waals surface area contributed by atoms with Crippen molar-refractivity contribution < 1.29 is 36.6 Å². The van der Waals surface area contributed by atoms with Gasteiger partial charge in [-0.2, -0.15) is 0 Å². The summed E-state index contributed by atoms with van der Waals surface area (Å²) in [4.78, 5) is 12.2. The predicted molar refractivity (Wildman–Crippen MR) is 83.7 cm³/mol. The van der Waals surface area contributed by atoms with Crippen molar-refractivity contribution in [3.63, 3.8) is 0 Å². The maximum Gasteiger partial charge on any atom is 0.310 e. The van der Waals surface area contributed by atoms with Crippen LogP contribution in [0.25, 0.3) is 0 Å². The topological polar surface area (TPSA) is 44.8 Å². The van der Waals surface area contributed by atoms with Crippen molar-refractivity contribution in [2.24, 2.45) is 17.3 Å². The number of carbonyl (C=O) groups is 1. The molecular formula is C18H20F4O4. The molecule has 1 aliphatic rings. The molecular weight excluding hydrogens is 356 g/mol. The van der Waals surface area contributed by atoms with E-state index in [0.29, 0.717) is 0 Å². The van der Waals surface area contributed by atoms with Crippen molar-refractivity contribution in [1.29, 1.82) is 0 Å². The minimum Gasteiger partial charge on any atom is -0.505 e. The van der Waals surface area contributed by atoms with Crippen molar-refractivity contribution in [2.45, 2.75) is 27.1 Å². The summed E-state index contributed by atoms with van der Waals surface area (Å²) in [6, 6.07) is 0. The Morgan fingerprint density at radius 1 is 1.00 bits per heavy atom. The van der Waals surface area contributed by atoms with Crippen LogP contribution in [0.1, 0.15) is 25.0 Å². The number of ether oxygens (including phenoxy) is 3. The summed E-state index contributed by atoms with van der Waals surface area (Å²) in [5.74, 6) is -7.75. The number of benzene rings is 1. The Labute approximate surface area is 148 Å². The molecule has 0 spiro atoms. The average molecular weight is 376 g/mol. The van der Waals surface area contributed by atoms with Gasteiger partial charge in [-0.05, 0) is 17.4 Å². The van der Waals surface area contributed by atoms with Crippen LogP contribution >= 0.6 is 0 Å². The third-order valence-electron chi connectivity index (χ3n) is 4.68. The number of carbonyl (C=O) groups excluding carboxylic acids is 1. The first-order valence-corrected chi connectivity index (χ1v) is 7.87. The minimum absolute atomic E-state index is 0.165. The molecule has 1 aromatic rings. The molecule has 0 radical (unpaired) electrons. The van der Waals surface area contributed by atoms with E-state index in [-0.39, 0.29) is 5.92 Å². The Hall–Kier alpha value is -2.09. The number of esters is 1. The Bertz CT molecular complexity index is 701. The van der Waals surface area contributed by atoms with E-state index in [1.165, 1.54) is 13.4 Å². The van der Waals surface area contributed by atoms with E-state index in [2.05, 4.69) is 4.74 Å². The smallest absolute Gasteiger partial charge is 0.310 e. The van der Waals surface area contributed by atoms with Gasteiger partial charge in [0, 0.05) is 7.11 Å². The highest BCUT2D eigenvalue weighted by molar-refractivity contribution is 5.78. The molecule has 0 amide bonds. The largest absolute Gasteiger partial charge is 0.505 e. The number of halogens is 4. The molecule has 2 rings (SSSR count).